The van der Waals surface area contributed by atoms with E-state index in [1.807, 2.05) is 6.19 Å². The smallest absolute Gasteiger partial charge is 0.223 e. The van der Waals surface area contributed by atoms with Crippen molar-refractivity contribution < 1.29 is 5.11 Å². The first-order valence-electron chi connectivity index (χ1n) is 6.26. The molecule has 0 fully saturated rings. The van der Waals surface area contributed by atoms with Gasteiger partial charge in [-0.05, 0) is 12.1 Å². The molecule has 0 unspecified atom stereocenters. The minimum atomic E-state index is 0.0961. The normalized spacial score (nSPS) is 11.0. The van der Waals surface area contributed by atoms with Crippen LogP contribution in [0.1, 0.15) is 0 Å². The van der Waals surface area contributed by atoms with E-state index in [1.165, 1.54) is 23.0 Å². The highest BCUT2D eigenvalue weighted by Crippen LogP contribution is 2.25. The highest BCUT2D eigenvalue weighted by atomic mass is 16.3. The Kier molecular flexibility index (Phi) is 2.29. The van der Waals surface area contributed by atoms with Gasteiger partial charge in [-0.1, -0.05) is 0 Å². The van der Waals surface area contributed by atoms with Crippen molar-refractivity contribution in [2.75, 3.05) is 5.73 Å². The van der Waals surface area contributed by atoms with E-state index in [2.05, 4.69) is 20.2 Å². The molecule has 0 spiro atoms. The number of phenols is 1. The number of nitrogens with zero attached hydrogens (tertiary/aromatic N) is 7. The molecule has 0 aliphatic rings. The number of hydrogen-bond acceptors (Lipinski definition) is 7. The lowest BCUT2D eigenvalue weighted by Gasteiger charge is -2.02. The predicted octanol–water partition coefficient (Wildman–Crippen LogP) is 0.758. The second-order valence-electron chi connectivity index (χ2n) is 4.62. The monoisotopic (exact) mass is 292 g/mol. The number of nitriles is 1. The fraction of sp³-hybridized carbons (Fsp3) is 0. The molecule has 0 saturated carbocycles. The maximum atomic E-state index is 9.54. The lowest BCUT2D eigenvalue weighted by atomic mass is 10.2. The van der Waals surface area contributed by atoms with Crippen LogP contribution in [0, 0.1) is 11.5 Å². The Morgan fingerprint density at radius 2 is 2.14 bits per heavy atom. The summed E-state index contributed by atoms with van der Waals surface area (Å²) in [6.07, 6.45) is 4.89. The number of benzene rings is 1. The molecule has 4 aromatic rings. The number of fused-ring (bicyclic) bond motifs is 3. The van der Waals surface area contributed by atoms with Crippen molar-refractivity contribution in [1.29, 1.82) is 5.26 Å². The van der Waals surface area contributed by atoms with Gasteiger partial charge in [0.2, 0.25) is 12.1 Å². The van der Waals surface area contributed by atoms with Gasteiger partial charge in [0.1, 0.15) is 5.75 Å². The molecule has 1 aromatic carbocycles. The Bertz CT molecular complexity index is 1070. The summed E-state index contributed by atoms with van der Waals surface area (Å²) in [6, 6.07) is 4.75. The number of aromatic hydroxyl groups is 1. The van der Waals surface area contributed by atoms with E-state index in [4.69, 9.17) is 11.0 Å². The molecule has 9 heteroatoms. The van der Waals surface area contributed by atoms with Crippen molar-refractivity contribution in [2.24, 2.45) is 0 Å². The Morgan fingerprint density at radius 1 is 1.27 bits per heavy atom. The summed E-state index contributed by atoms with van der Waals surface area (Å²) >= 11 is 0. The van der Waals surface area contributed by atoms with Gasteiger partial charge in [-0.2, -0.15) is 19.6 Å². The first kappa shape index (κ1) is 12.1. The van der Waals surface area contributed by atoms with Gasteiger partial charge in [0.15, 0.2) is 11.5 Å². The summed E-state index contributed by atoms with van der Waals surface area (Å²) in [6.45, 7) is 0. The van der Waals surface area contributed by atoms with Gasteiger partial charge in [-0.25, -0.2) is 9.97 Å². The number of nitrogen functional groups attached to an aromatic ring is 1. The highest BCUT2D eigenvalue weighted by molar-refractivity contribution is 5.93. The summed E-state index contributed by atoms with van der Waals surface area (Å²) in [5, 5.41) is 27.2. The van der Waals surface area contributed by atoms with Gasteiger partial charge in [0.25, 0.3) is 0 Å². The molecular formula is C13H8N8O. The zero-order chi connectivity index (χ0) is 15.3. The third-order valence-corrected chi connectivity index (χ3v) is 3.22. The average Bonchev–Trinajstić information content (AvgIpc) is 3.13. The Balaban J connectivity index is 2.02. The Morgan fingerprint density at radius 3 is 2.91 bits per heavy atom. The SMILES string of the molecule is N#Cn1cc(-c2nc3c4ccc(O)cc4nc(N)n3n2)cn1. The molecular weight excluding hydrogens is 284 g/mol. The molecule has 4 rings (SSSR count). The summed E-state index contributed by atoms with van der Waals surface area (Å²) in [5.41, 5.74) is 7.52. The largest absolute Gasteiger partial charge is 0.508 e. The third kappa shape index (κ3) is 1.64. The molecule has 0 radical (unpaired) electrons. The van der Waals surface area contributed by atoms with Crippen LogP contribution < -0.4 is 5.73 Å². The number of nitrogens with two attached hydrogens (primary N) is 1. The molecule has 3 heterocycles. The zero-order valence-corrected chi connectivity index (χ0v) is 11.0. The summed E-state index contributed by atoms with van der Waals surface area (Å²) in [4.78, 5) is 8.63. The van der Waals surface area contributed by atoms with Crippen LogP contribution in [-0.4, -0.2) is 34.5 Å². The third-order valence-electron chi connectivity index (χ3n) is 3.22. The maximum absolute atomic E-state index is 9.54. The molecule has 0 aliphatic heterocycles. The zero-order valence-electron chi connectivity index (χ0n) is 11.0. The van der Waals surface area contributed by atoms with Crippen LogP contribution in [0.5, 0.6) is 5.75 Å². The fourth-order valence-corrected chi connectivity index (χ4v) is 2.23. The van der Waals surface area contributed by atoms with Crippen LogP contribution in [0.2, 0.25) is 0 Å². The molecule has 0 atom stereocenters. The van der Waals surface area contributed by atoms with Crippen LogP contribution in [0.4, 0.5) is 5.95 Å². The molecule has 22 heavy (non-hydrogen) atoms. The first-order chi connectivity index (χ1) is 10.7. The minimum absolute atomic E-state index is 0.0961. The standard InChI is InChI=1S/C13H8N8O/c14-6-20-5-7(4-16-20)11-18-12-9-2-1-8(22)3-10(9)17-13(15)21(12)19-11/h1-5,22H,(H2,15,17). The molecule has 3 aromatic heterocycles. The molecule has 0 saturated heterocycles. The van der Waals surface area contributed by atoms with E-state index >= 15 is 0 Å². The van der Waals surface area contributed by atoms with Crippen molar-refractivity contribution >= 4 is 22.5 Å². The topological polar surface area (TPSA) is 131 Å². The van der Waals surface area contributed by atoms with Gasteiger partial charge in [-0.15, -0.1) is 5.10 Å². The van der Waals surface area contributed by atoms with Crippen molar-refractivity contribution in [3.8, 4) is 23.3 Å². The molecule has 3 N–H and O–H groups in total. The van der Waals surface area contributed by atoms with Gasteiger partial charge in [0.05, 0.1) is 23.5 Å². The number of aromatic nitrogens is 6. The average molecular weight is 292 g/mol. The van der Waals surface area contributed by atoms with Crippen molar-refractivity contribution in [3.63, 3.8) is 0 Å². The van der Waals surface area contributed by atoms with E-state index < -0.39 is 0 Å². The molecule has 9 nitrogen and oxygen atoms in total. The van der Waals surface area contributed by atoms with Crippen LogP contribution in [0.15, 0.2) is 30.6 Å². The van der Waals surface area contributed by atoms with E-state index in [9.17, 15) is 5.11 Å². The second kappa shape index (κ2) is 4.16. The van der Waals surface area contributed by atoms with Gasteiger partial charge in [0, 0.05) is 11.5 Å². The number of rotatable bonds is 1. The number of phenolic OH excluding ortho intramolecular Hbond substituents is 1. The van der Waals surface area contributed by atoms with Crippen molar-refractivity contribution in [1.82, 2.24) is 29.4 Å². The Hall–Kier alpha value is -3.67. The van der Waals surface area contributed by atoms with Crippen molar-refractivity contribution in [3.05, 3.63) is 30.6 Å². The summed E-state index contributed by atoms with van der Waals surface area (Å²) < 4.78 is 2.53. The second-order valence-corrected chi connectivity index (χ2v) is 4.62. The van der Waals surface area contributed by atoms with Crippen LogP contribution in [-0.2, 0) is 0 Å². The molecule has 106 valence electrons. The number of anilines is 1. The number of hydrogen-bond donors (Lipinski definition) is 2. The van der Waals surface area contributed by atoms with Gasteiger partial charge < -0.3 is 10.8 Å². The lowest BCUT2D eigenvalue weighted by molar-refractivity contribution is 0.476. The van der Waals surface area contributed by atoms with E-state index in [0.29, 0.717) is 27.9 Å². The van der Waals surface area contributed by atoms with E-state index in [1.54, 1.807) is 12.1 Å². The summed E-state index contributed by atoms with van der Waals surface area (Å²) in [5.74, 6) is 0.633. The van der Waals surface area contributed by atoms with E-state index in [0.717, 1.165) is 4.68 Å². The van der Waals surface area contributed by atoms with Crippen LogP contribution in [0.25, 0.3) is 27.9 Å². The van der Waals surface area contributed by atoms with Crippen LogP contribution in [0.3, 0.4) is 0 Å². The lowest BCUT2D eigenvalue weighted by Crippen LogP contribution is -2.02. The van der Waals surface area contributed by atoms with Gasteiger partial charge in [-0.3, -0.25) is 0 Å². The molecule has 0 aliphatic carbocycles. The van der Waals surface area contributed by atoms with Gasteiger partial charge >= 0.3 is 0 Å². The molecule has 0 amide bonds. The maximum Gasteiger partial charge on any atom is 0.223 e. The fourth-order valence-electron chi connectivity index (χ4n) is 2.23. The van der Waals surface area contributed by atoms with Crippen molar-refractivity contribution in [2.45, 2.75) is 0 Å². The van der Waals surface area contributed by atoms with E-state index in [-0.39, 0.29) is 11.7 Å². The first-order valence-corrected chi connectivity index (χ1v) is 6.26. The quantitative estimate of drug-likeness (QED) is 0.529. The van der Waals surface area contributed by atoms with Crippen LogP contribution >= 0.6 is 0 Å². The highest BCUT2D eigenvalue weighted by Gasteiger charge is 2.14. The Labute approximate surface area is 122 Å². The minimum Gasteiger partial charge on any atom is -0.508 e. The summed E-state index contributed by atoms with van der Waals surface area (Å²) in [7, 11) is 0. The molecule has 0 bridgehead atoms. The predicted molar refractivity (Wildman–Crippen MR) is 76.6 cm³/mol.